The van der Waals surface area contributed by atoms with E-state index >= 15 is 0 Å². The van der Waals surface area contributed by atoms with Gasteiger partial charge in [-0.05, 0) is 37.6 Å². The summed E-state index contributed by atoms with van der Waals surface area (Å²) in [5, 5.41) is 6.03. The van der Waals surface area contributed by atoms with Gasteiger partial charge in [-0.15, -0.1) is 11.3 Å². The molecule has 1 fully saturated rings. The monoisotopic (exact) mass is 265 g/mol. The Morgan fingerprint density at radius 2 is 2.33 bits per heavy atom. The van der Waals surface area contributed by atoms with Crippen LogP contribution in [-0.4, -0.2) is 16.7 Å². The van der Waals surface area contributed by atoms with Gasteiger partial charge in [-0.1, -0.05) is 5.16 Å². The summed E-state index contributed by atoms with van der Waals surface area (Å²) in [5.74, 6) is 1.10. The Kier molecular flexibility index (Phi) is 2.64. The third-order valence-corrected chi connectivity index (χ3v) is 4.44. The number of nitrogens with zero attached hydrogens (tertiary/aromatic N) is 2. The highest BCUT2D eigenvalue weighted by molar-refractivity contribution is 7.14. The Morgan fingerprint density at radius 1 is 1.50 bits per heavy atom. The lowest BCUT2D eigenvalue weighted by Crippen LogP contribution is -2.21. The molecule has 0 radical (unpaired) electrons. The van der Waals surface area contributed by atoms with Crippen molar-refractivity contribution >= 4 is 17.0 Å². The van der Waals surface area contributed by atoms with Gasteiger partial charge < -0.3 is 15.0 Å². The molecular weight excluding hydrogens is 250 g/mol. The predicted molar refractivity (Wildman–Crippen MR) is 69.3 cm³/mol. The molecule has 0 aromatic carbocycles. The van der Waals surface area contributed by atoms with Crippen molar-refractivity contribution in [3.63, 3.8) is 0 Å². The summed E-state index contributed by atoms with van der Waals surface area (Å²) in [6.45, 7) is 4.71. The molecule has 1 unspecified atom stereocenters. The van der Waals surface area contributed by atoms with Crippen LogP contribution in [0.15, 0.2) is 9.90 Å². The summed E-state index contributed by atoms with van der Waals surface area (Å²) in [5.41, 5.74) is 7.32. The number of anilines is 1. The lowest BCUT2D eigenvalue weighted by atomic mass is 10.0. The highest BCUT2D eigenvalue weighted by Gasteiger charge is 2.37. The van der Waals surface area contributed by atoms with Crippen molar-refractivity contribution in [3.8, 4) is 10.8 Å². The highest BCUT2D eigenvalue weighted by atomic mass is 32.1. The van der Waals surface area contributed by atoms with E-state index in [4.69, 9.17) is 15.0 Å². The quantitative estimate of drug-likeness (QED) is 0.903. The van der Waals surface area contributed by atoms with Gasteiger partial charge in [0.2, 0.25) is 5.82 Å². The molecule has 0 saturated carbocycles. The smallest absolute Gasteiger partial charge is 0.270 e. The lowest BCUT2D eigenvalue weighted by molar-refractivity contribution is 0.00768. The van der Waals surface area contributed by atoms with Crippen LogP contribution in [0, 0.1) is 6.92 Å². The van der Waals surface area contributed by atoms with Crippen LogP contribution < -0.4 is 5.73 Å². The number of aryl methyl sites for hydroxylation is 1. The summed E-state index contributed by atoms with van der Waals surface area (Å²) >= 11 is 1.52. The van der Waals surface area contributed by atoms with Crippen LogP contribution >= 0.6 is 11.3 Å². The van der Waals surface area contributed by atoms with Crippen LogP contribution in [0.4, 0.5) is 5.69 Å². The molecule has 0 spiro atoms. The standard InChI is InChI=1S/C12H15N3O2S/c1-7-6-18-9(8(7)13)10-14-11(15-17-10)12(2)4-3-5-16-12/h6H,3-5,13H2,1-2H3. The molecule has 6 heteroatoms. The predicted octanol–water partition coefficient (Wildman–Crippen LogP) is 2.71. The van der Waals surface area contributed by atoms with E-state index < -0.39 is 5.60 Å². The average molecular weight is 265 g/mol. The van der Waals surface area contributed by atoms with E-state index in [2.05, 4.69) is 10.1 Å². The van der Waals surface area contributed by atoms with Crippen molar-refractivity contribution in [2.24, 2.45) is 0 Å². The second-order valence-corrected chi connectivity index (χ2v) is 5.65. The van der Waals surface area contributed by atoms with Crippen LogP contribution in [0.25, 0.3) is 10.8 Å². The van der Waals surface area contributed by atoms with Crippen LogP contribution in [-0.2, 0) is 10.3 Å². The first-order chi connectivity index (χ1) is 8.60. The van der Waals surface area contributed by atoms with E-state index in [-0.39, 0.29) is 0 Å². The maximum absolute atomic E-state index is 5.98. The molecule has 5 nitrogen and oxygen atoms in total. The summed E-state index contributed by atoms with van der Waals surface area (Å²) in [7, 11) is 0. The van der Waals surface area contributed by atoms with Crippen LogP contribution in [0.2, 0.25) is 0 Å². The van der Waals surface area contributed by atoms with Crippen LogP contribution in [0.5, 0.6) is 0 Å². The molecule has 0 bridgehead atoms. The molecular formula is C12H15N3O2S. The number of nitrogen functional groups attached to an aromatic ring is 1. The summed E-state index contributed by atoms with van der Waals surface area (Å²) < 4.78 is 11.0. The molecule has 1 aliphatic rings. The molecule has 2 N–H and O–H groups in total. The van der Waals surface area contributed by atoms with Gasteiger partial charge in [-0.25, -0.2) is 0 Å². The molecule has 18 heavy (non-hydrogen) atoms. The molecule has 3 heterocycles. The Balaban J connectivity index is 1.97. The largest absolute Gasteiger partial charge is 0.397 e. The first kappa shape index (κ1) is 11.7. The van der Waals surface area contributed by atoms with Crippen molar-refractivity contribution in [1.29, 1.82) is 0 Å². The first-order valence-corrected chi connectivity index (χ1v) is 6.80. The van der Waals surface area contributed by atoms with Crippen molar-refractivity contribution in [1.82, 2.24) is 10.1 Å². The number of rotatable bonds is 2. The van der Waals surface area contributed by atoms with Gasteiger partial charge in [0.1, 0.15) is 10.5 Å². The fourth-order valence-electron chi connectivity index (χ4n) is 2.10. The fourth-order valence-corrected chi connectivity index (χ4v) is 3.00. The van der Waals surface area contributed by atoms with E-state index in [0.29, 0.717) is 17.4 Å². The Hall–Kier alpha value is -1.40. The molecule has 1 aliphatic heterocycles. The van der Waals surface area contributed by atoms with E-state index in [9.17, 15) is 0 Å². The van der Waals surface area contributed by atoms with Crippen LogP contribution in [0.1, 0.15) is 31.2 Å². The molecule has 0 aliphatic carbocycles. The number of hydrogen-bond donors (Lipinski definition) is 1. The Morgan fingerprint density at radius 3 is 2.94 bits per heavy atom. The zero-order valence-corrected chi connectivity index (χ0v) is 11.2. The van der Waals surface area contributed by atoms with E-state index in [0.717, 1.165) is 29.9 Å². The van der Waals surface area contributed by atoms with Gasteiger partial charge in [-0.3, -0.25) is 0 Å². The normalized spacial score (nSPS) is 23.7. The van der Waals surface area contributed by atoms with Crippen molar-refractivity contribution in [2.75, 3.05) is 12.3 Å². The van der Waals surface area contributed by atoms with Crippen LogP contribution in [0.3, 0.4) is 0 Å². The highest BCUT2D eigenvalue weighted by Crippen LogP contribution is 2.37. The lowest BCUT2D eigenvalue weighted by Gasteiger charge is -2.17. The summed E-state index contributed by atoms with van der Waals surface area (Å²) in [4.78, 5) is 5.28. The second kappa shape index (κ2) is 4.07. The maximum Gasteiger partial charge on any atom is 0.270 e. The van der Waals surface area contributed by atoms with Crippen molar-refractivity contribution in [3.05, 3.63) is 16.8 Å². The van der Waals surface area contributed by atoms with E-state index in [1.165, 1.54) is 11.3 Å². The molecule has 1 saturated heterocycles. The Labute approximate surface area is 109 Å². The number of aromatic nitrogens is 2. The molecule has 2 aromatic heterocycles. The fraction of sp³-hybridized carbons (Fsp3) is 0.500. The minimum Gasteiger partial charge on any atom is -0.397 e. The summed E-state index contributed by atoms with van der Waals surface area (Å²) in [6, 6.07) is 0. The second-order valence-electron chi connectivity index (χ2n) is 4.77. The molecule has 96 valence electrons. The van der Waals surface area contributed by atoms with Gasteiger partial charge in [0.25, 0.3) is 5.89 Å². The third-order valence-electron chi connectivity index (χ3n) is 3.34. The van der Waals surface area contributed by atoms with Gasteiger partial charge in [0, 0.05) is 6.61 Å². The van der Waals surface area contributed by atoms with Gasteiger partial charge in [0.15, 0.2) is 0 Å². The van der Waals surface area contributed by atoms with Gasteiger partial charge in [0.05, 0.1) is 5.69 Å². The maximum atomic E-state index is 5.98. The molecule has 2 aromatic rings. The number of hydrogen-bond acceptors (Lipinski definition) is 6. The van der Waals surface area contributed by atoms with Gasteiger partial charge >= 0.3 is 0 Å². The topological polar surface area (TPSA) is 74.2 Å². The van der Waals surface area contributed by atoms with E-state index in [1.54, 1.807) is 0 Å². The SMILES string of the molecule is Cc1csc(-c2nc(C3(C)CCCO3)no2)c1N. The average Bonchev–Trinajstić information content (AvgIpc) is 3.03. The number of ether oxygens (including phenoxy) is 1. The molecule has 1 atom stereocenters. The molecule has 0 amide bonds. The zero-order valence-electron chi connectivity index (χ0n) is 10.4. The third kappa shape index (κ3) is 1.72. The van der Waals surface area contributed by atoms with Crippen molar-refractivity contribution < 1.29 is 9.26 Å². The molecule has 3 rings (SSSR count). The number of nitrogens with two attached hydrogens (primary N) is 1. The minimum atomic E-state index is -0.414. The first-order valence-electron chi connectivity index (χ1n) is 5.92. The summed E-state index contributed by atoms with van der Waals surface area (Å²) in [6.07, 6.45) is 1.95. The van der Waals surface area contributed by atoms with E-state index in [1.807, 2.05) is 19.2 Å². The van der Waals surface area contributed by atoms with Crippen molar-refractivity contribution in [2.45, 2.75) is 32.3 Å². The Bertz CT molecular complexity index is 570. The number of thiophene rings is 1. The van der Waals surface area contributed by atoms with Gasteiger partial charge in [-0.2, -0.15) is 4.98 Å². The zero-order chi connectivity index (χ0) is 12.8. The minimum absolute atomic E-state index is 0.414.